The summed E-state index contributed by atoms with van der Waals surface area (Å²) < 4.78 is 0. The Bertz CT molecular complexity index is 676. The van der Waals surface area contributed by atoms with E-state index in [1.807, 2.05) is 0 Å². The summed E-state index contributed by atoms with van der Waals surface area (Å²) in [4.78, 5) is 29.6. The maximum atomic E-state index is 11.9. The van der Waals surface area contributed by atoms with Crippen molar-refractivity contribution in [2.75, 3.05) is 5.32 Å². The van der Waals surface area contributed by atoms with Crippen LogP contribution in [0.1, 0.15) is 5.69 Å². The number of H-pyrrole nitrogens is 1. The van der Waals surface area contributed by atoms with Gasteiger partial charge < -0.3 is 20.7 Å². The van der Waals surface area contributed by atoms with Crippen molar-refractivity contribution in [1.82, 2.24) is 15.3 Å². The maximum Gasteiger partial charge on any atom is 0.326 e. The van der Waals surface area contributed by atoms with E-state index >= 15 is 0 Å². The van der Waals surface area contributed by atoms with Crippen molar-refractivity contribution in [3.63, 3.8) is 0 Å². The van der Waals surface area contributed by atoms with Crippen molar-refractivity contribution >= 4 is 40.9 Å². The number of carbonyl (C=O) groups is 2. The molecule has 9 heteroatoms. The highest BCUT2D eigenvalue weighted by Gasteiger charge is 2.21. The zero-order chi connectivity index (χ0) is 16.1. The van der Waals surface area contributed by atoms with Gasteiger partial charge in [-0.15, -0.1) is 0 Å². The van der Waals surface area contributed by atoms with Crippen LogP contribution >= 0.6 is 23.2 Å². The molecule has 0 saturated heterocycles. The van der Waals surface area contributed by atoms with Gasteiger partial charge in [-0.3, -0.25) is 0 Å². The number of urea groups is 1. The van der Waals surface area contributed by atoms with Gasteiger partial charge in [-0.05, 0) is 18.2 Å². The van der Waals surface area contributed by atoms with E-state index in [4.69, 9.17) is 28.3 Å². The first kappa shape index (κ1) is 16.1. The zero-order valence-corrected chi connectivity index (χ0v) is 12.6. The molecule has 4 N–H and O–H groups in total. The molecule has 2 rings (SSSR count). The second-order valence-corrected chi connectivity index (χ2v) is 5.21. The average molecular weight is 343 g/mol. The van der Waals surface area contributed by atoms with Crippen LogP contribution in [0.3, 0.4) is 0 Å². The number of aromatic nitrogens is 2. The Morgan fingerprint density at radius 2 is 2.09 bits per heavy atom. The van der Waals surface area contributed by atoms with Crippen molar-refractivity contribution in [2.45, 2.75) is 12.5 Å². The van der Waals surface area contributed by atoms with Gasteiger partial charge in [-0.2, -0.15) is 0 Å². The smallest absolute Gasteiger partial charge is 0.326 e. The van der Waals surface area contributed by atoms with E-state index in [-0.39, 0.29) is 11.4 Å². The van der Waals surface area contributed by atoms with Gasteiger partial charge in [0.25, 0.3) is 0 Å². The molecule has 0 saturated carbocycles. The minimum atomic E-state index is -1.15. The Kier molecular flexibility index (Phi) is 5.24. The molecule has 1 atom stereocenters. The van der Waals surface area contributed by atoms with E-state index in [9.17, 15) is 9.59 Å². The summed E-state index contributed by atoms with van der Waals surface area (Å²) >= 11 is 11.6. The molecule has 0 spiro atoms. The summed E-state index contributed by atoms with van der Waals surface area (Å²) in [6, 6.07) is 2.79. The molecule has 0 aliphatic rings. The molecule has 7 nitrogen and oxygen atoms in total. The molecule has 1 heterocycles. The first-order valence-electron chi connectivity index (χ1n) is 6.18. The Labute approximate surface area is 135 Å². The highest BCUT2D eigenvalue weighted by molar-refractivity contribution is 6.42. The van der Waals surface area contributed by atoms with Crippen molar-refractivity contribution < 1.29 is 14.7 Å². The lowest BCUT2D eigenvalue weighted by atomic mass is 10.2. The van der Waals surface area contributed by atoms with Gasteiger partial charge in [0.1, 0.15) is 6.04 Å². The SMILES string of the molecule is O=C(Nc1ccc(Cl)c(Cl)c1)NC(Cc1cnc[nH]1)C(=O)O. The largest absolute Gasteiger partial charge is 0.480 e. The molecule has 0 aliphatic carbocycles. The van der Waals surface area contributed by atoms with E-state index in [0.29, 0.717) is 16.4 Å². The number of amides is 2. The quantitative estimate of drug-likeness (QED) is 0.669. The number of nitrogens with one attached hydrogen (secondary N) is 3. The van der Waals surface area contributed by atoms with Crippen LogP contribution in [-0.2, 0) is 11.2 Å². The topological polar surface area (TPSA) is 107 Å². The van der Waals surface area contributed by atoms with E-state index in [0.717, 1.165) is 0 Å². The lowest BCUT2D eigenvalue weighted by Gasteiger charge is -2.14. The van der Waals surface area contributed by atoms with Crippen LogP contribution in [0.25, 0.3) is 0 Å². The minimum Gasteiger partial charge on any atom is -0.480 e. The number of hydrogen-bond acceptors (Lipinski definition) is 3. The van der Waals surface area contributed by atoms with Crippen LogP contribution < -0.4 is 10.6 Å². The van der Waals surface area contributed by atoms with Crippen LogP contribution in [-0.4, -0.2) is 33.1 Å². The fourth-order valence-corrected chi connectivity index (χ4v) is 2.01. The third kappa shape index (κ3) is 4.37. The predicted octanol–water partition coefficient (Wildman–Crippen LogP) is 2.53. The number of rotatable bonds is 5. The number of carboxylic acid groups (broad SMARTS) is 1. The number of carbonyl (C=O) groups excluding carboxylic acids is 1. The molecule has 22 heavy (non-hydrogen) atoms. The zero-order valence-electron chi connectivity index (χ0n) is 11.1. The lowest BCUT2D eigenvalue weighted by Crippen LogP contribution is -2.44. The average Bonchev–Trinajstić information content (AvgIpc) is 2.95. The molecule has 1 aromatic heterocycles. The monoisotopic (exact) mass is 342 g/mol. The summed E-state index contributed by atoms with van der Waals surface area (Å²) in [5, 5.41) is 14.6. The molecule has 1 aromatic carbocycles. The first-order valence-corrected chi connectivity index (χ1v) is 6.94. The fourth-order valence-electron chi connectivity index (χ4n) is 1.72. The molecule has 1 unspecified atom stereocenters. The summed E-state index contributed by atoms with van der Waals surface area (Å²) in [6.07, 6.45) is 3.02. The second-order valence-electron chi connectivity index (χ2n) is 4.40. The van der Waals surface area contributed by atoms with Crippen molar-refractivity contribution in [3.05, 3.63) is 46.5 Å². The highest BCUT2D eigenvalue weighted by atomic mass is 35.5. The first-order chi connectivity index (χ1) is 10.5. The predicted molar refractivity (Wildman–Crippen MR) is 82.3 cm³/mol. The number of hydrogen-bond donors (Lipinski definition) is 4. The third-order valence-corrected chi connectivity index (χ3v) is 3.50. The summed E-state index contributed by atoms with van der Waals surface area (Å²) in [6.45, 7) is 0. The molecule has 2 aromatic rings. The molecular formula is C13H12Cl2N4O3. The van der Waals surface area contributed by atoms with Crippen LogP contribution in [0.4, 0.5) is 10.5 Å². The van der Waals surface area contributed by atoms with E-state index in [1.54, 1.807) is 6.07 Å². The van der Waals surface area contributed by atoms with Gasteiger partial charge in [0.15, 0.2) is 0 Å². The van der Waals surface area contributed by atoms with Crippen molar-refractivity contribution in [1.29, 1.82) is 0 Å². The molecule has 0 bridgehead atoms. The van der Waals surface area contributed by atoms with E-state index < -0.39 is 18.0 Å². The van der Waals surface area contributed by atoms with Crippen molar-refractivity contribution in [2.24, 2.45) is 0 Å². The Morgan fingerprint density at radius 3 is 2.68 bits per heavy atom. The Hall–Kier alpha value is -2.25. The maximum absolute atomic E-state index is 11.9. The number of halogens is 2. The minimum absolute atomic E-state index is 0.0874. The summed E-state index contributed by atoms with van der Waals surface area (Å²) in [5.74, 6) is -1.15. The fraction of sp³-hybridized carbons (Fsp3) is 0.154. The third-order valence-electron chi connectivity index (χ3n) is 2.76. The number of benzene rings is 1. The molecule has 0 fully saturated rings. The van der Waals surface area contributed by atoms with Gasteiger partial charge in [-0.25, -0.2) is 14.6 Å². The number of aliphatic carboxylic acids is 1. The second kappa shape index (κ2) is 7.15. The van der Waals surface area contributed by atoms with E-state index in [1.165, 1.54) is 24.7 Å². The van der Waals surface area contributed by atoms with Gasteiger partial charge in [0.2, 0.25) is 0 Å². The van der Waals surface area contributed by atoms with E-state index in [2.05, 4.69) is 20.6 Å². The molecular weight excluding hydrogens is 331 g/mol. The van der Waals surface area contributed by atoms with Gasteiger partial charge in [0.05, 0.1) is 16.4 Å². The molecule has 0 aliphatic heterocycles. The highest BCUT2D eigenvalue weighted by Crippen LogP contribution is 2.24. The Balaban J connectivity index is 1.98. The summed E-state index contributed by atoms with van der Waals surface area (Å²) in [7, 11) is 0. The number of carboxylic acids is 1. The number of anilines is 1. The van der Waals surface area contributed by atoms with Crippen LogP contribution in [0.15, 0.2) is 30.7 Å². The molecule has 116 valence electrons. The lowest BCUT2D eigenvalue weighted by molar-refractivity contribution is -0.139. The number of nitrogens with zero attached hydrogens (tertiary/aromatic N) is 1. The molecule has 0 radical (unpaired) electrons. The van der Waals surface area contributed by atoms with Crippen LogP contribution in [0.2, 0.25) is 10.0 Å². The van der Waals surface area contributed by atoms with Crippen LogP contribution in [0, 0.1) is 0 Å². The number of imidazole rings is 1. The standard InChI is InChI=1S/C13H12Cl2N4O3/c14-9-2-1-7(3-10(9)15)18-13(22)19-11(12(20)21)4-8-5-16-6-17-8/h1-3,5-6,11H,4H2,(H,16,17)(H,20,21)(H2,18,19,22). The van der Waals surface area contributed by atoms with Crippen LogP contribution in [0.5, 0.6) is 0 Å². The normalized spacial score (nSPS) is 11.7. The van der Waals surface area contributed by atoms with Gasteiger partial charge >= 0.3 is 12.0 Å². The van der Waals surface area contributed by atoms with Crippen molar-refractivity contribution in [3.8, 4) is 0 Å². The van der Waals surface area contributed by atoms with Gasteiger partial charge in [0, 0.05) is 24.0 Å². The molecule has 2 amide bonds. The van der Waals surface area contributed by atoms with Gasteiger partial charge in [-0.1, -0.05) is 23.2 Å². The summed E-state index contributed by atoms with van der Waals surface area (Å²) in [5.41, 5.74) is 1.000. The Morgan fingerprint density at radius 1 is 1.32 bits per heavy atom. The number of aromatic amines is 1.